The van der Waals surface area contributed by atoms with E-state index < -0.39 is 0 Å². The zero-order valence-corrected chi connectivity index (χ0v) is 15.8. The van der Waals surface area contributed by atoms with Crippen LogP contribution in [0.1, 0.15) is 23.8 Å². The number of nitrogens with zero attached hydrogens (tertiary/aromatic N) is 5. The predicted octanol–water partition coefficient (Wildman–Crippen LogP) is 0.755. The van der Waals surface area contributed by atoms with Crippen molar-refractivity contribution in [2.75, 3.05) is 65.3 Å². The fourth-order valence-corrected chi connectivity index (χ4v) is 2.61. The van der Waals surface area contributed by atoms with Gasteiger partial charge in [-0.3, -0.25) is 4.79 Å². The summed E-state index contributed by atoms with van der Waals surface area (Å²) in [6.07, 6.45) is 3.75. The highest BCUT2D eigenvalue weighted by molar-refractivity contribution is 5.92. The van der Waals surface area contributed by atoms with Crippen LogP contribution in [0.3, 0.4) is 0 Å². The molecular weight excluding hydrogens is 336 g/mol. The summed E-state index contributed by atoms with van der Waals surface area (Å²) in [6, 6.07) is 0. The topological polar surface area (TPSA) is 90.9 Å². The van der Waals surface area contributed by atoms with E-state index in [9.17, 15) is 9.59 Å². The van der Waals surface area contributed by atoms with Gasteiger partial charge in [0.25, 0.3) is 5.91 Å². The molecule has 1 aliphatic rings. The van der Waals surface area contributed by atoms with Crippen LogP contribution >= 0.6 is 0 Å². The Kier molecular flexibility index (Phi) is 7.58. The highest BCUT2D eigenvalue weighted by atomic mass is 16.6. The Balaban J connectivity index is 1.80. The fourth-order valence-electron chi connectivity index (χ4n) is 2.61. The highest BCUT2D eigenvalue weighted by Gasteiger charge is 2.26. The normalized spacial score (nSPS) is 14.5. The van der Waals surface area contributed by atoms with Gasteiger partial charge in [-0.25, -0.2) is 14.8 Å². The molecule has 9 nitrogen and oxygen atoms in total. The first-order chi connectivity index (χ1) is 12.5. The van der Waals surface area contributed by atoms with Crippen LogP contribution in [-0.2, 0) is 4.74 Å². The van der Waals surface area contributed by atoms with Crippen LogP contribution in [-0.4, -0.2) is 96.6 Å². The third kappa shape index (κ3) is 5.83. The van der Waals surface area contributed by atoms with Crippen LogP contribution in [0.5, 0.6) is 0 Å². The van der Waals surface area contributed by atoms with E-state index in [1.54, 1.807) is 22.9 Å². The fraction of sp³-hybridized carbons (Fsp3) is 0.647. The molecule has 0 radical (unpaired) electrons. The van der Waals surface area contributed by atoms with Gasteiger partial charge in [0.15, 0.2) is 0 Å². The molecular formula is C17H28N6O3. The molecule has 2 amide bonds. The van der Waals surface area contributed by atoms with Gasteiger partial charge in [-0.1, -0.05) is 0 Å². The van der Waals surface area contributed by atoms with Crippen molar-refractivity contribution >= 4 is 17.8 Å². The molecule has 2 rings (SSSR count). The first kappa shape index (κ1) is 19.9. The third-order valence-corrected chi connectivity index (χ3v) is 4.05. The molecule has 26 heavy (non-hydrogen) atoms. The summed E-state index contributed by atoms with van der Waals surface area (Å²) in [5, 5.41) is 3.19. The van der Waals surface area contributed by atoms with Crippen molar-refractivity contribution in [1.82, 2.24) is 24.7 Å². The van der Waals surface area contributed by atoms with Crippen molar-refractivity contribution in [3.05, 3.63) is 18.1 Å². The molecule has 0 bridgehead atoms. The first-order valence-electron chi connectivity index (χ1n) is 8.93. The molecule has 0 unspecified atom stereocenters. The molecule has 9 heteroatoms. The Morgan fingerprint density at radius 3 is 2.42 bits per heavy atom. The quantitative estimate of drug-likeness (QED) is 0.714. The molecule has 1 N–H and O–H groups in total. The van der Waals surface area contributed by atoms with Crippen LogP contribution in [0, 0.1) is 0 Å². The van der Waals surface area contributed by atoms with Gasteiger partial charge in [0.1, 0.15) is 11.5 Å². The SMILES string of the molecule is CCOC(=O)N1CCN(C(=O)c2cnc(NCCCN(C)C)cn2)CC1. The average Bonchev–Trinajstić information content (AvgIpc) is 2.65. The summed E-state index contributed by atoms with van der Waals surface area (Å²) in [4.78, 5) is 38.1. The number of anilines is 1. The van der Waals surface area contributed by atoms with Crippen molar-refractivity contribution < 1.29 is 14.3 Å². The Morgan fingerprint density at radius 2 is 1.85 bits per heavy atom. The van der Waals surface area contributed by atoms with Crippen molar-refractivity contribution in [3.8, 4) is 0 Å². The number of rotatable bonds is 7. The number of nitrogens with one attached hydrogen (secondary N) is 1. The van der Waals surface area contributed by atoms with Gasteiger partial charge < -0.3 is 24.8 Å². The monoisotopic (exact) mass is 364 g/mol. The molecule has 1 fully saturated rings. The van der Waals surface area contributed by atoms with Crippen LogP contribution in [0.2, 0.25) is 0 Å². The molecule has 0 aliphatic carbocycles. The predicted molar refractivity (Wildman–Crippen MR) is 98.2 cm³/mol. The Morgan fingerprint density at radius 1 is 1.15 bits per heavy atom. The zero-order valence-electron chi connectivity index (χ0n) is 15.8. The van der Waals surface area contributed by atoms with Crippen LogP contribution in [0.4, 0.5) is 10.6 Å². The Labute approximate surface area is 154 Å². The zero-order chi connectivity index (χ0) is 18.9. The van der Waals surface area contributed by atoms with Gasteiger partial charge in [0.2, 0.25) is 0 Å². The lowest BCUT2D eigenvalue weighted by atomic mass is 10.3. The van der Waals surface area contributed by atoms with Crippen molar-refractivity contribution in [3.63, 3.8) is 0 Å². The van der Waals surface area contributed by atoms with E-state index in [4.69, 9.17) is 4.74 Å². The number of piperazine rings is 1. The van der Waals surface area contributed by atoms with Gasteiger partial charge >= 0.3 is 6.09 Å². The number of carbonyl (C=O) groups excluding carboxylic acids is 2. The number of hydrogen-bond donors (Lipinski definition) is 1. The van der Waals surface area contributed by atoms with E-state index in [0.717, 1.165) is 19.5 Å². The van der Waals surface area contributed by atoms with Crippen molar-refractivity contribution in [1.29, 1.82) is 0 Å². The molecule has 0 atom stereocenters. The van der Waals surface area contributed by atoms with E-state index in [-0.39, 0.29) is 12.0 Å². The van der Waals surface area contributed by atoms with Gasteiger partial charge in [0, 0.05) is 32.7 Å². The van der Waals surface area contributed by atoms with E-state index in [1.807, 2.05) is 14.1 Å². The molecule has 2 heterocycles. The molecule has 1 saturated heterocycles. The number of carbonyl (C=O) groups is 2. The minimum absolute atomic E-state index is 0.167. The molecule has 144 valence electrons. The minimum Gasteiger partial charge on any atom is -0.450 e. The largest absolute Gasteiger partial charge is 0.450 e. The standard InChI is InChI=1S/C17H28N6O3/c1-4-26-17(25)23-10-8-22(9-11-23)16(24)14-12-20-15(13-19-14)18-6-5-7-21(2)3/h12-13H,4-11H2,1-3H3,(H,18,20). The van der Waals surface area contributed by atoms with E-state index in [2.05, 4.69) is 20.2 Å². The maximum absolute atomic E-state index is 12.5. The summed E-state index contributed by atoms with van der Waals surface area (Å²) >= 11 is 0. The molecule has 1 aromatic heterocycles. The lowest BCUT2D eigenvalue weighted by Gasteiger charge is -2.33. The van der Waals surface area contributed by atoms with Gasteiger partial charge in [0.05, 0.1) is 19.0 Å². The summed E-state index contributed by atoms with van der Waals surface area (Å²) < 4.78 is 4.98. The first-order valence-corrected chi connectivity index (χ1v) is 8.93. The van der Waals surface area contributed by atoms with Crippen LogP contribution < -0.4 is 5.32 Å². The molecule has 0 spiro atoms. The maximum atomic E-state index is 12.5. The van der Waals surface area contributed by atoms with Crippen molar-refractivity contribution in [2.24, 2.45) is 0 Å². The molecule has 1 aliphatic heterocycles. The van der Waals surface area contributed by atoms with E-state index >= 15 is 0 Å². The van der Waals surface area contributed by atoms with Gasteiger partial charge in [-0.05, 0) is 34.0 Å². The lowest BCUT2D eigenvalue weighted by Crippen LogP contribution is -2.50. The second-order valence-corrected chi connectivity index (χ2v) is 6.35. The van der Waals surface area contributed by atoms with E-state index in [1.165, 1.54) is 6.20 Å². The van der Waals surface area contributed by atoms with Crippen LogP contribution in [0.25, 0.3) is 0 Å². The minimum atomic E-state index is -0.330. The highest BCUT2D eigenvalue weighted by Crippen LogP contribution is 2.09. The number of hydrogen-bond acceptors (Lipinski definition) is 7. The average molecular weight is 364 g/mol. The van der Waals surface area contributed by atoms with Gasteiger partial charge in [-0.2, -0.15) is 0 Å². The molecule has 0 aromatic carbocycles. The third-order valence-electron chi connectivity index (χ3n) is 4.05. The number of ether oxygens (including phenoxy) is 1. The molecule has 0 saturated carbocycles. The summed E-state index contributed by atoms with van der Waals surface area (Å²) in [6.45, 7) is 5.77. The van der Waals surface area contributed by atoms with Crippen LogP contribution in [0.15, 0.2) is 12.4 Å². The summed E-state index contributed by atoms with van der Waals surface area (Å²) in [7, 11) is 4.07. The Hall–Kier alpha value is -2.42. The Bertz CT molecular complexity index is 585. The summed E-state index contributed by atoms with van der Waals surface area (Å²) in [5.74, 6) is 0.493. The number of amides is 2. The molecule has 1 aromatic rings. The second kappa shape index (κ2) is 9.91. The second-order valence-electron chi connectivity index (χ2n) is 6.35. The number of aromatic nitrogens is 2. The summed E-state index contributed by atoms with van der Waals surface area (Å²) in [5.41, 5.74) is 0.313. The van der Waals surface area contributed by atoms with E-state index in [0.29, 0.717) is 44.3 Å². The van der Waals surface area contributed by atoms with Crippen molar-refractivity contribution in [2.45, 2.75) is 13.3 Å². The maximum Gasteiger partial charge on any atom is 0.409 e. The lowest BCUT2D eigenvalue weighted by molar-refractivity contribution is 0.0565. The van der Waals surface area contributed by atoms with Gasteiger partial charge in [-0.15, -0.1) is 0 Å². The smallest absolute Gasteiger partial charge is 0.409 e.